The highest BCUT2D eigenvalue weighted by Gasteiger charge is 2.46. The van der Waals surface area contributed by atoms with Crippen molar-refractivity contribution in [2.75, 3.05) is 11.9 Å². The Hall–Kier alpha value is -1.03. The molecule has 0 heterocycles. The molecule has 0 saturated heterocycles. The van der Waals surface area contributed by atoms with Crippen LogP contribution in [-0.4, -0.2) is 11.7 Å². The van der Waals surface area contributed by atoms with Gasteiger partial charge >= 0.3 is 0 Å². The van der Waals surface area contributed by atoms with Gasteiger partial charge in [0.2, 0.25) is 0 Å². The molecule has 1 aliphatic rings. The standard InChI is InChI=1S/C17H17BrClNO/c18-14-2-1-3-16(10-14)20-17(11-21,12-4-5-12)13-6-8-15(19)9-7-13/h1-3,6-10,12,20-21H,4-5,11H2. The predicted molar refractivity (Wildman–Crippen MR) is 90.7 cm³/mol. The molecule has 2 N–H and O–H groups in total. The van der Waals surface area contributed by atoms with E-state index in [1.54, 1.807) is 0 Å². The molecule has 1 saturated carbocycles. The summed E-state index contributed by atoms with van der Waals surface area (Å²) in [5.41, 5.74) is 1.64. The first-order valence-corrected chi connectivity index (χ1v) is 8.22. The fourth-order valence-electron chi connectivity index (χ4n) is 2.82. The molecule has 2 nitrogen and oxygen atoms in total. The number of halogens is 2. The first kappa shape index (κ1) is 14.9. The van der Waals surface area contributed by atoms with Crippen LogP contribution in [0.5, 0.6) is 0 Å². The second-order valence-corrected chi connectivity index (χ2v) is 6.90. The summed E-state index contributed by atoms with van der Waals surface area (Å²) < 4.78 is 1.02. The Kier molecular flexibility index (Phi) is 4.25. The Morgan fingerprint density at radius 3 is 2.48 bits per heavy atom. The van der Waals surface area contributed by atoms with E-state index in [0.29, 0.717) is 10.9 Å². The van der Waals surface area contributed by atoms with E-state index in [9.17, 15) is 5.11 Å². The molecule has 1 unspecified atom stereocenters. The van der Waals surface area contributed by atoms with Gasteiger partial charge in [-0.15, -0.1) is 0 Å². The van der Waals surface area contributed by atoms with E-state index >= 15 is 0 Å². The number of aliphatic hydroxyl groups is 1. The third-order valence-electron chi connectivity index (χ3n) is 4.08. The highest BCUT2D eigenvalue weighted by Crippen LogP contribution is 2.47. The number of rotatable bonds is 5. The number of hydrogen-bond donors (Lipinski definition) is 2. The van der Waals surface area contributed by atoms with Gasteiger partial charge in [0.05, 0.1) is 12.1 Å². The summed E-state index contributed by atoms with van der Waals surface area (Å²) in [6, 6.07) is 15.8. The third kappa shape index (κ3) is 3.10. The summed E-state index contributed by atoms with van der Waals surface area (Å²) in [6.45, 7) is 0.0613. The molecule has 0 bridgehead atoms. The van der Waals surface area contributed by atoms with E-state index in [-0.39, 0.29) is 6.61 Å². The van der Waals surface area contributed by atoms with Crippen molar-refractivity contribution in [3.8, 4) is 0 Å². The van der Waals surface area contributed by atoms with E-state index in [0.717, 1.165) is 28.6 Å². The van der Waals surface area contributed by atoms with Crippen molar-refractivity contribution in [1.29, 1.82) is 0 Å². The van der Waals surface area contributed by atoms with E-state index in [1.807, 2.05) is 48.5 Å². The van der Waals surface area contributed by atoms with Gasteiger partial charge in [-0.25, -0.2) is 0 Å². The molecule has 0 aliphatic heterocycles. The minimum absolute atomic E-state index is 0.0613. The molecule has 1 aliphatic carbocycles. The van der Waals surface area contributed by atoms with Gasteiger partial charge in [-0.1, -0.05) is 45.7 Å². The highest BCUT2D eigenvalue weighted by molar-refractivity contribution is 9.10. The molecule has 2 aromatic rings. The first-order valence-electron chi connectivity index (χ1n) is 7.05. The first-order chi connectivity index (χ1) is 10.1. The number of aliphatic hydroxyl groups excluding tert-OH is 1. The zero-order valence-corrected chi connectivity index (χ0v) is 13.9. The van der Waals surface area contributed by atoms with E-state index in [2.05, 4.69) is 21.2 Å². The molecule has 0 amide bonds. The van der Waals surface area contributed by atoms with Gasteiger partial charge in [-0.2, -0.15) is 0 Å². The lowest BCUT2D eigenvalue weighted by Crippen LogP contribution is -2.41. The average molecular weight is 367 g/mol. The summed E-state index contributed by atoms with van der Waals surface area (Å²) in [5, 5.41) is 14.4. The summed E-state index contributed by atoms with van der Waals surface area (Å²) in [4.78, 5) is 0. The minimum atomic E-state index is -0.439. The van der Waals surface area contributed by atoms with E-state index < -0.39 is 5.54 Å². The summed E-state index contributed by atoms with van der Waals surface area (Å²) in [5.74, 6) is 0.447. The Morgan fingerprint density at radius 1 is 1.19 bits per heavy atom. The molecule has 4 heteroatoms. The fourth-order valence-corrected chi connectivity index (χ4v) is 3.34. The Balaban J connectivity index is 1.98. The van der Waals surface area contributed by atoms with Crippen molar-refractivity contribution in [2.45, 2.75) is 18.4 Å². The molecule has 0 radical (unpaired) electrons. The Labute approximate surface area is 138 Å². The Bertz CT molecular complexity index is 627. The topological polar surface area (TPSA) is 32.3 Å². The molecular formula is C17H17BrClNO. The van der Waals surface area contributed by atoms with Crippen LogP contribution in [0.1, 0.15) is 18.4 Å². The smallest absolute Gasteiger partial charge is 0.0885 e. The van der Waals surface area contributed by atoms with E-state index in [1.165, 1.54) is 0 Å². The number of benzene rings is 2. The largest absolute Gasteiger partial charge is 0.394 e. The summed E-state index contributed by atoms with van der Waals surface area (Å²) in [7, 11) is 0. The number of hydrogen-bond acceptors (Lipinski definition) is 2. The van der Waals surface area contributed by atoms with E-state index in [4.69, 9.17) is 11.6 Å². The predicted octanol–water partition coefficient (Wildman–Crippen LogP) is 4.81. The van der Waals surface area contributed by atoms with Crippen LogP contribution in [-0.2, 0) is 5.54 Å². The van der Waals surface area contributed by atoms with Gasteiger partial charge < -0.3 is 10.4 Å². The van der Waals surface area contributed by atoms with Crippen LogP contribution in [0.4, 0.5) is 5.69 Å². The third-order valence-corrected chi connectivity index (χ3v) is 4.82. The molecule has 3 rings (SSSR count). The molecule has 0 aromatic heterocycles. The summed E-state index contributed by atoms with van der Waals surface area (Å²) >= 11 is 9.48. The van der Waals surface area contributed by atoms with Crippen LogP contribution < -0.4 is 5.32 Å². The number of nitrogens with one attached hydrogen (secondary N) is 1. The highest BCUT2D eigenvalue weighted by atomic mass is 79.9. The SMILES string of the molecule is OCC(Nc1cccc(Br)c1)(c1ccc(Cl)cc1)C1CC1. The maximum Gasteiger partial charge on any atom is 0.0885 e. The van der Waals surface area contributed by atoms with Crippen molar-refractivity contribution in [1.82, 2.24) is 0 Å². The average Bonchev–Trinajstić information content (AvgIpc) is 3.31. The Morgan fingerprint density at radius 2 is 1.90 bits per heavy atom. The normalized spacial score (nSPS) is 17.3. The molecule has 1 fully saturated rings. The van der Waals surface area contributed by atoms with Crippen LogP contribution in [0.25, 0.3) is 0 Å². The van der Waals surface area contributed by atoms with Gasteiger partial charge in [-0.05, 0) is 54.7 Å². The molecular weight excluding hydrogens is 350 g/mol. The minimum Gasteiger partial charge on any atom is -0.394 e. The fraction of sp³-hybridized carbons (Fsp3) is 0.294. The van der Waals surface area contributed by atoms with Crippen molar-refractivity contribution in [2.24, 2.45) is 5.92 Å². The zero-order valence-electron chi connectivity index (χ0n) is 11.5. The van der Waals surface area contributed by atoms with Crippen LogP contribution in [0.2, 0.25) is 5.02 Å². The lowest BCUT2D eigenvalue weighted by molar-refractivity contribution is 0.193. The second kappa shape index (κ2) is 5.99. The van der Waals surface area contributed by atoms with Gasteiger partial charge in [0.1, 0.15) is 0 Å². The summed E-state index contributed by atoms with van der Waals surface area (Å²) in [6.07, 6.45) is 2.26. The van der Waals surface area contributed by atoms with Gasteiger partial charge in [0, 0.05) is 15.2 Å². The van der Waals surface area contributed by atoms with Gasteiger partial charge in [-0.3, -0.25) is 0 Å². The molecule has 110 valence electrons. The van der Waals surface area contributed by atoms with Gasteiger partial charge in [0.15, 0.2) is 0 Å². The molecule has 0 spiro atoms. The quantitative estimate of drug-likeness (QED) is 0.795. The second-order valence-electron chi connectivity index (χ2n) is 5.55. The van der Waals surface area contributed by atoms with Crippen molar-refractivity contribution < 1.29 is 5.11 Å². The molecule has 21 heavy (non-hydrogen) atoms. The van der Waals surface area contributed by atoms with Crippen molar-refractivity contribution >= 4 is 33.2 Å². The van der Waals surface area contributed by atoms with Crippen LogP contribution in [0, 0.1) is 5.92 Å². The monoisotopic (exact) mass is 365 g/mol. The molecule has 2 aromatic carbocycles. The lowest BCUT2D eigenvalue weighted by atomic mass is 9.85. The van der Waals surface area contributed by atoms with Crippen LogP contribution in [0.15, 0.2) is 53.0 Å². The van der Waals surface area contributed by atoms with Crippen LogP contribution >= 0.6 is 27.5 Å². The zero-order chi connectivity index (χ0) is 14.9. The number of anilines is 1. The van der Waals surface area contributed by atoms with Crippen molar-refractivity contribution in [3.63, 3.8) is 0 Å². The maximum absolute atomic E-state index is 10.1. The van der Waals surface area contributed by atoms with Gasteiger partial charge in [0.25, 0.3) is 0 Å². The van der Waals surface area contributed by atoms with Crippen molar-refractivity contribution in [3.05, 3.63) is 63.6 Å². The lowest BCUT2D eigenvalue weighted by Gasteiger charge is -2.35. The maximum atomic E-state index is 10.1. The van der Waals surface area contributed by atoms with Crippen LogP contribution in [0.3, 0.4) is 0 Å². The molecule has 1 atom stereocenters.